The van der Waals surface area contributed by atoms with E-state index in [1.165, 1.54) is 27.0 Å². The monoisotopic (exact) mass is 402 g/mol. The Morgan fingerprint density at radius 3 is 2.93 bits per heavy atom. The molecule has 0 radical (unpaired) electrons. The number of nitrogens with one attached hydrogen (secondary N) is 1. The van der Waals surface area contributed by atoms with Crippen LogP contribution in [0.2, 0.25) is 0 Å². The minimum atomic E-state index is 0.727. The molecular weight excluding hydrogens is 372 g/mol. The molecule has 2 aromatic rings. The van der Waals surface area contributed by atoms with Gasteiger partial charge in [0.15, 0.2) is 5.96 Å². The highest BCUT2D eigenvalue weighted by Gasteiger charge is 2.24. The van der Waals surface area contributed by atoms with Crippen LogP contribution in [0.3, 0.4) is 0 Å². The molecule has 0 aliphatic carbocycles. The molecule has 4 nitrogen and oxygen atoms in total. The van der Waals surface area contributed by atoms with E-state index >= 15 is 0 Å². The van der Waals surface area contributed by atoms with Crippen LogP contribution in [0.4, 0.5) is 0 Å². The van der Waals surface area contributed by atoms with E-state index in [-0.39, 0.29) is 0 Å². The van der Waals surface area contributed by atoms with Crippen LogP contribution in [-0.2, 0) is 12.8 Å². The Bertz CT molecular complexity index is 714. The molecule has 0 spiro atoms. The largest absolute Gasteiger partial charge is 0.357 e. The van der Waals surface area contributed by atoms with Crippen molar-refractivity contribution in [3.05, 3.63) is 46.4 Å². The Morgan fingerprint density at radius 2 is 2.19 bits per heavy atom. The van der Waals surface area contributed by atoms with Crippen molar-refractivity contribution in [1.29, 1.82) is 0 Å². The second-order valence-corrected chi connectivity index (χ2v) is 9.08. The summed E-state index contributed by atoms with van der Waals surface area (Å²) < 4.78 is 0. The van der Waals surface area contributed by atoms with Gasteiger partial charge in [0.2, 0.25) is 0 Å². The number of likely N-dealkylation sites (tertiary alicyclic amines) is 1. The molecule has 1 aromatic heterocycles. The van der Waals surface area contributed by atoms with Crippen LogP contribution in [0.5, 0.6) is 0 Å². The smallest absolute Gasteiger partial charge is 0.193 e. The summed E-state index contributed by atoms with van der Waals surface area (Å²) in [4.78, 5) is 14.5. The van der Waals surface area contributed by atoms with Crippen molar-refractivity contribution in [2.75, 3.05) is 31.9 Å². The molecule has 1 saturated heterocycles. The molecule has 2 heterocycles. The molecule has 1 aliphatic heterocycles. The zero-order valence-corrected chi connectivity index (χ0v) is 18.0. The van der Waals surface area contributed by atoms with E-state index in [9.17, 15) is 0 Å². The van der Waals surface area contributed by atoms with E-state index in [0.29, 0.717) is 0 Å². The quantitative estimate of drug-likeness (QED) is 0.405. The number of aryl methyl sites for hydroxylation is 1. The molecule has 1 unspecified atom stereocenters. The van der Waals surface area contributed by atoms with Gasteiger partial charge in [0.25, 0.3) is 0 Å². The first-order valence-electron chi connectivity index (χ1n) is 9.93. The lowest BCUT2D eigenvalue weighted by atomic mass is 10.2. The second kappa shape index (κ2) is 10.7. The van der Waals surface area contributed by atoms with E-state index in [1.54, 1.807) is 0 Å². The van der Waals surface area contributed by atoms with Crippen molar-refractivity contribution in [3.8, 4) is 0 Å². The molecule has 3 rings (SSSR count). The highest BCUT2D eigenvalue weighted by atomic mass is 32.2. The summed E-state index contributed by atoms with van der Waals surface area (Å²) in [6, 6.07) is 10.7. The average Bonchev–Trinajstić information content (AvgIpc) is 3.36. The fourth-order valence-electron chi connectivity index (χ4n) is 3.20. The maximum atomic E-state index is 4.87. The van der Waals surface area contributed by atoms with E-state index in [4.69, 9.17) is 4.99 Å². The van der Waals surface area contributed by atoms with Crippen molar-refractivity contribution in [2.24, 2.45) is 10.9 Å². The Kier molecular flexibility index (Phi) is 8.02. The number of thiazole rings is 1. The summed E-state index contributed by atoms with van der Waals surface area (Å²) in [5, 5.41) is 4.67. The van der Waals surface area contributed by atoms with Gasteiger partial charge < -0.3 is 10.2 Å². The molecule has 0 saturated carbocycles. The average molecular weight is 403 g/mol. The summed E-state index contributed by atoms with van der Waals surface area (Å²) in [5.74, 6) is 2.97. The molecule has 1 aromatic carbocycles. The van der Waals surface area contributed by atoms with Gasteiger partial charge in [-0.1, -0.05) is 25.1 Å². The molecule has 0 amide bonds. The third kappa shape index (κ3) is 6.25. The van der Waals surface area contributed by atoms with Crippen LogP contribution in [0.15, 0.2) is 46.4 Å². The minimum Gasteiger partial charge on any atom is -0.357 e. The van der Waals surface area contributed by atoms with Gasteiger partial charge in [0.05, 0.1) is 5.01 Å². The Morgan fingerprint density at radius 1 is 1.33 bits per heavy atom. The van der Waals surface area contributed by atoms with Crippen molar-refractivity contribution in [3.63, 3.8) is 0 Å². The van der Waals surface area contributed by atoms with Crippen molar-refractivity contribution >= 4 is 29.1 Å². The third-order valence-corrected chi connectivity index (χ3v) is 7.13. The third-order valence-electron chi connectivity index (χ3n) is 4.69. The molecule has 1 atom stereocenters. The van der Waals surface area contributed by atoms with Gasteiger partial charge in [-0.25, -0.2) is 4.98 Å². The fourth-order valence-corrected chi connectivity index (χ4v) is 5.10. The molecule has 1 N–H and O–H groups in total. The van der Waals surface area contributed by atoms with E-state index < -0.39 is 0 Å². The lowest BCUT2D eigenvalue weighted by Gasteiger charge is -2.21. The molecular formula is C21H30N4S2. The number of benzene rings is 1. The normalized spacial score (nSPS) is 17.5. The van der Waals surface area contributed by atoms with Crippen LogP contribution in [-0.4, -0.2) is 47.8 Å². The number of thioether (sulfide) groups is 1. The number of aliphatic imine (C=N–C) groups is 1. The number of rotatable bonds is 8. The number of hydrogen-bond acceptors (Lipinski definition) is 4. The Balaban J connectivity index is 1.48. The standard InChI is InChI=1S/C21H30N4S2/c1-3-18-14-24-20(27-18)10-12-23-21(22-4-2)25-13-11-17(15-25)16-26-19-8-6-5-7-9-19/h5-9,14,17H,3-4,10-13,15-16H2,1-2H3,(H,22,23). The minimum absolute atomic E-state index is 0.727. The predicted octanol–water partition coefficient (Wildman–Crippen LogP) is 4.33. The molecule has 6 heteroatoms. The Labute approximate surface area is 171 Å². The maximum absolute atomic E-state index is 4.87. The summed E-state index contributed by atoms with van der Waals surface area (Å²) in [6.07, 6.45) is 5.25. The second-order valence-electron chi connectivity index (χ2n) is 6.78. The maximum Gasteiger partial charge on any atom is 0.193 e. The topological polar surface area (TPSA) is 40.5 Å². The number of guanidine groups is 1. The molecule has 146 valence electrons. The molecule has 0 bridgehead atoms. The van der Waals surface area contributed by atoms with Crippen LogP contribution in [0.1, 0.15) is 30.2 Å². The first-order valence-corrected chi connectivity index (χ1v) is 11.7. The zero-order valence-electron chi connectivity index (χ0n) is 16.4. The Hall–Kier alpha value is -1.53. The van der Waals surface area contributed by atoms with Crippen molar-refractivity contribution in [1.82, 2.24) is 15.2 Å². The van der Waals surface area contributed by atoms with Gasteiger partial charge in [-0.15, -0.1) is 23.1 Å². The number of aromatic nitrogens is 1. The van der Waals surface area contributed by atoms with Crippen molar-refractivity contribution < 1.29 is 0 Å². The van der Waals surface area contributed by atoms with E-state index in [0.717, 1.165) is 50.9 Å². The van der Waals surface area contributed by atoms with Crippen LogP contribution in [0.25, 0.3) is 0 Å². The van der Waals surface area contributed by atoms with Gasteiger partial charge in [-0.3, -0.25) is 4.99 Å². The van der Waals surface area contributed by atoms with E-state index in [1.807, 2.05) is 29.3 Å². The highest BCUT2D eigenvalue weighted by Crippen LogP contribution is 2.26. The lowest BCUT2D eigenvalue weighted by Crippen LogP contribution is -2.40. The first-order chi connectivity index (χ1) is 13.3. The molecule has 1 aliphatic rings. The van der Waals surface area contributed by atoms with Gasteiger partial charge in [-0.2, -0.15) is 0 Å². The van der Waals surface area contributed by atoms with Crippen LogP contribution < -0.4 is 5.32 Å². The fraction of sp³-hybridized carbons (Fsp3) is 0.524. The van der Waals surface area contributed by atoms with Crippen LogP contribution >= 0.6 is 23.1 Å². The zero-order chi connectivity index (χ0) is 18.9. The van der Waals surface area contributed by atoms with Gasteiger partial charge in [-0.05, 0) is 37.8 Å². The SMILES string of the molecule is CCNC(=NCCc1ncc(CC)s1)N1CCC(CSc2ccccc2)C1. The van der Waals surface area contributed by atoms with Gasteiger partial charge >= 0.3 is 0 Å². The van der Waals surface area contributed by atoms with Gasteiger partial charge in [0, 0.05) is 54.3 Å². The predicted molar refractivity (Wildman–Crippen MR) is 118 cm³/mol. The summed E-state index contributed by atoms with van der Waals surface area (Å²) in [6.45, 7) is 8.24. The summed E-state index contributed by atoms with van der Waals surface area (Å²) >= 11 is 3.79. The lowest BCUT2D eigenvalue weighted by molar-refractivity contribution is 0.474. The van der Waals surface area contributed by atoms with Gasteiger partial charge in [0.1, 0.15) is 0 Å². The number of nitrogens with zero attached hydrogens (tertiary/aromatic N) is 3. The number of hydrogen-bond donors (Lipinski definition) is 1. The molecule has 27 heavy (non-hydrogen) atoms. The summed E-state index contributed by atoms with van der Waals surface area (Å²) in [7, 11) is 0. The highest BCUT2D eigenvalue weighted by molar-refractivity contribution is 7.99. The van der Waals surface area contributed by atoms with Crippen LogP contribution in [0, 0.1) is 5.92 Å². The van der Waals surface area contributed by atoms with E-state index in [2.05, 4.69) is 59.4 Å². The first kappa shape index (κ1) is 20.2. The molecule has 1 fully saturated rings. The van der Waals surface area contributed by atoms with Crippen molar-refractivity contribution in [2.45, 2.75) is 38.0 Å². The summed E-state index contributed by atoms with van der Waals surface area (Å²) in [5.41, 5.74) is 0.